The van der Waals surface area contributed by atoms with Crippen LogP contribution >= 0.6 is 0 Å². The molecule has 0 saturated carbocycles. The van der Waals surface area contributed by atoms with Gasteiger partial charge in [0.25, 0.3) is 0 Å². The van der Waals surface area contributed by atoms with Gasteiger partial charge in [0.2, 0.25) is 11.9 Å². The molecule has 2 N–H and O–H groups in total. The molecule has 1 aromatic heterocycles. The van der Waals surface area contributed by atoms with E-state index < -0.39 is 0 Å². The van der Waals surface area contributed by atoms with Crippen molar-refractivity contribution in [1.29, 1.82) is 0 Å². The SMILES string of the molecule is Cc1nc(NCCOc2ccccc2)nc(N[C@@H](C)c2ccccc2)n1. The zero-order chi connectivity index (χ0) is 18.2. The number of nitrogens with zero attached hydrogens (tertiary/aromatic N) is 3. The van der Waals surface area contributed by atoms with Gasteiger partial charge in [-0.25, -0.2) is 0 Å². The lowest BCUT2D eigenvalue weighted by Crippen LogP contribution is -2.16. The summed E-state index contributed by atoms with van der Waals surface area (Å²) in [5.41, 5.74) is 1.18. The Hall–Kier alpha value is -3.15. The van der Waals surface area contributed by atoms with Gasteiger partial charge in [0.15, 0.2) is 0 Å². The van der Waals surface area contributed by atoms with Gasteiger partial charge in [0.1, 0.15) is 18.2 Å². The maximum absolute atomic E-state index is 5.66. The Kier molecular flexibility index (Phi) is 5.98. The van der Waals surface area contributed by atoms with Crippen LogP contribution in [-0.4, -0.2) is 28.1 Å². The number of aryl methyl sites for hydroxylation is 1. The molecule has 0 aliphatic heterocycles. The van der Waals surface area contributed by atoms with E-state index in [1.54, 1.807) is 0 Å². The first kappa shape index (κ1) is 17.7. The topological polar surface area (TPSA) is 72.0 Å². The minimum atomic E-state index is 0.104. The molecule has 0 amide bonds. The van der Waals surface area contributed by atoms with Crippen LogP contribution in [0.4, 0.5) is 11.9 Å². The number of benzene rings is 2. The highest BCUT2D eigenvalue weighted by Crippen LogP contribution is 2.17. The van der Waals surface area contributed by atoms with Crippen LogP contribution in [0.5, 0.6) is 5.75 Å². The number of hydrogen-bond acceptors (Lipinski definition) is 6. The smallest absolute Gasteiger partial charge is 0.228 e. The summed E-state index contributed by atoms with van der Waals surface area (Å²) in [7, 11) is 0. The van der Waals surface area contributed by atoms with Crippen LogP contribution in [0.25, 0.3) is 0 Å². The highest BCUT2D eigenvalue weighted by atomic mass is 16.5. The molecule has 3 aromatic rings. The first-order chi connectivity index (χ1) is 12.7. The normalized spacial score (nSPS) is 11.6. The average Bonchev–Trinajstić information content (AvgIpc) is 2.66. The molecule has 0 aliphatic carbocycles. The van der Waals surface area contributed by atoms with Crippen LogP contribution in [0.1, 0.15) is 24.4 Å². The molecular formula is C20H23N5O. The molecule has 0 aliphatic rings. The summed E-state index contributed by atoms with van der Waals surface area (Å²) in [6.45, 7) is 5.06. The molecule has 0 unspecified atom stereocenters. The quantitative estimate of drug-likeness (QED) is 0.602. The predicted molar refractivity (Wildman–Crippen MR) is 103 cm³/mol. The van der Waals surface area contributed by atoms with Crippen LogP contribution < -0.4 is 15.4 Å². The second kappa shape index (κ2) is 8.80. The summed E-state index contributed by atoms with van der Waals surface area (Å²) in [5, 5.41) is 6.50. The fourth-order valence-corrected chi connectivity index (χ4v) is 2.49. The van der Waals surface area contributed by atoms with Crippen molar-refractivity contribution in [1.82, 2.24) is 15.0 Å². The Bertz CT molecular complexity index is 811. The third-order valence-electron chi connectivity index (χ3n) is 3.79. The number of rotatable bonds is 8. The lowest BCUT2D eigenvalue weighted by molar-refractivity contribution is 0.332. The molecule has 0 fully saturated rings. The van der Waals surface area contributed by atoms with Gasteiger partial charge in [0, 0.05) is 0 Å². The number of para-hydroxylation sites is 1. The third kappa shape index (κ3) is 5.17. The fraction of sp³-hybridized carbons (Fsp3) is 0.250. The highest BCUT2D eigenvalue weighted by Gasteiger charge is 2.09. The van der Waals surface area contributed by atoms with Gasteiger partial charge in [-0.1, -0.05) is 48.5 Å². The minimum absolute atomic E-state index is 0.104. The summed E-state index contributed by atoms with van der Waals surface area (Å²) in [4.78, 5) is 13.1. The van der Waals surface area contributed by atoms with Crippen molar-refractivity contribution in [3.8, 4) is 5.75 Å². The molecule has 1 heterocycles. The first-order valence-electron chi connectivity index (χ1n) is 8.66. The maximum atomic E-state index is 5.66. The molecule has 0 bridgehead atoms. The van der Waals surface area contributed by atoms with Crippen molar-refractivity contribution < 1.29 is 4.74 Å². The Balaban J connectivity index is 1.55. The van der Waals surface area contributed by atoms with E-state index in [9.17, 15) is 0 Å². The standard InChI is InChI=1S/C20H23N5O/c1-15(17-9-5-3-6-10-17)22-20-24-16(2)23-19(25-20)21-13-14-26-18-11-7-4-8-12-18/h3-12,15H,13-14H2,1-2H3,(H2,21,22,23,24,25)/t15-/m0/s1. The second-order valence-corrected chi connectivity index (χ2v) is 5.89. The van der Waals surface area contributed by atoms with Gasteiger partial charge < -0.3 is 15.4 Å². The number of anilines is 2. The monoisotopic (exact) mass is 349 g/mol. The van der Waals surface area contributed by atoms with E-state index in [-0.39, 0.29) is 6.04 Å². The predicted octanol–water partition coefficient (Wildman–Crippen LogP) is 3.84. The largest absolute Gasteiger partial charge is 0.492 e. The van der Waals surface area contributed by atoms with Crippen LogP contribution in [0.3, 0.4) is 0 Å². The Morgan fingerprint density at radius 1 is 0.885 bits per heavy atom. The molecule has 0 saturated heterocycles. The summed E-state index contributed by atoms with van der Waals surface area (Å²) >= 11 is 0. The van der Waals surface area contributed by atoms with E-state index in [2.05, 4.69) is 44.6 Å². The lowest BCUT2D eigenvalue weighted by atomic mass is 10.1. The number of hydrogen-bond donors (Lipinski definition) is 2. The van der Waals surface area contributed by atoms with Gasteiger partial charge in [-0.05, 0) is 31.5 Å². The third-order valence-corrected chi connectivity index (χ3v) is 3.79. The van der Waals surface area contributed by atoms with Crippen molar-refractivity contribution in [2.45, 2.75) is 19.9 Å². The van der Waals surface area contributed by atoms with E-state index in [1.165, 1.54) is 5.56 Å². The molecule has 6 heteroatoms. The summed E-state index contributed by atoms with van der Waals surface area (Å²) in [5.74, 6) is 2.60. The molecule has 6 nitrogen and oxygen atoms in total. The number of aromatic nitrogens is 3. The van der Waals surface area contributed by atoms with E-state index >= 15 is 0 Å². The molecule has 0 spiro atoms. The van der Waals surface area contributed by atoms with Gasteiger partial charge >= 0.3 is 0 Å². The molecule has 2 aromatic carbocycles. The molecule has 0 radical (unpaired) electrons. The summed E-state index contributed by atoms with van der Waals surface area (Å²) in [6, 6.07) is 20.0. The van der Waals surface area contributed by atoms with Gasteiger partial charge in [-0.15, -0.1) is 0 Å². The lowest BCUT2D eigenvalue weighted by Gasteiger charge is -2.15. The summed E-state index contributed by atoms with van der Waals surface area (Å²) < 4.78 is 5.66. The summed E-state index contributed by atoms with van der Waals surface area (Å²) in [6.07, 6.45) is 0. The average molecular weight is 349 g/mol. The van der Waals surface area contributed by atoms with Crippen LogP contribution in [0.15, 0.2) is 60.7 Å². The molecular weight excluding hydrogens is 326 g/mol. The van der Waals surface area contributed by atoms with E-state index in [0.717, 1.165) is 5.75 Å². The van der Waals surface area contributed by atoms with E-state index in [0.29, 0.717) is 30.9 Å². The van der Waals surface area contributed by atoms with Crippen molar-refractivity contribution in [3.63, 3.8) is 0 Å². The maximum Gasteiger partial charge on any atom is 0.228 e. The van der Waals surface area contributed by atoms with Gasteiger partial charge in [-0.3, -0.25) is 0 Å². The second-order valence-electron chi connectivity index (χ2n) is 5.89. The highest BCUT2D eigenvalue weighted by molar-refractivity contribution is 5.37. The van der Waals surface area contributed by atoms with Crippen molar-refractivity contribution in [2.75, 3.05) is 23.8 Å². The van der Waals surface area contributed by atoms with Gasteiger partial charge in [-0.2, -0.15) is 15.0 Å². The number of nitrogens with one attached hydrogen (secondary N) is 2. The Labute approximate surface area is 153 Å². The Morgan fingerprint density at radius 3 is 2.27 bits per heavy atom. The van der Waals surface area contributed by atoms with Gasteiger partial charge in [0.05, 0.1) is 12.6 Å². The van der Waals surface area contributed by atoms with E-state index in [1.807, 2.05) is 55.5 Å². The fourth-order valence-electron chi connectivity index (χ4n) is 2.49. The van der Waals surface area contributed by atoms with Crippen molar-refractivity contribution in [3.05, 3.63) is 72.1 Å². The van der Waals surface area contributed by atoms with Crippen molar-refractivity contribution in [2.24, 2.45) is 0 Å². The van der Waals surface area contributed by atoms with Crippen LogP contribution in [-0.2, 0) is 0 Å². The zero-order valence-corrected chi connectivity index (χ0v) is 15.0. The molecule has 1 atom stereocenters. The minimum Gasteiger partial charge on any atom is -0.492 e. The number of ether oxygens (including phenoxy) is 1. The van der Waals surface area contributed by atoms with Crippen LogP contribution in [0.2, 0.25) is 0 Å². The molecule has 134 valence electrons. The molecule has 26 heavy (non-hydrogen) atoms. The molecule has 3 rings (SSSR count). The first-order valence-corrected chi connectivity index (χ1v) is 8.66. The zero-order valence-electron chi connectivity index (χ0n) is 15.0. The Morgan fingerprint density at radius 2 is 1.54 bits per heavy atom. The van der Waals surface area contributed by atoms with Crippen LogP contribution in [0, 0.1) is 6.92 Å². The van der Waals surface area contributed by atoms with E-state index in [4.69, 9.17) is 4.74 Å². The van der Waals surface area contributed by atoms with Crippen molar-refractivity contribution >= 4 is 11.9 Å².